The van der Waals surface area contributed by atoms with Crippen molar-refractivity contribution in [2.45, 2.75) is 27.7 Å². The summed E-state index contributed by atoms with van der Waals surface area (Å²) in [5.41, 5.74) is 6.15. The molecule has 1 aliphatic rings. The number of allylic oxidation sites excluding steroid dienone is 5. The number of hydrogen-bond acceptors (Lipinski definition) is 0. The second-order valence-electron chi connectivity index (χ2n) is 6.01. The molecule has 0 saturated heterocycles. The smallest absolute Gasteiger partial charge is 0.0471 e. The topological polar surface area (TPSA) is 15.8 Å². The predicted octanol–water partition coefficient (Wildman–Crippen LogP) is 2.79. The molecular formula is C22H23N. The average molecular weight is 301 g/mol. The van der Waals surface area contributed by atoms with Gasteiger partial charge in [0.2, 0.25) is 0 Å². The van der Waals surface area contributed by atoms with Crippen LogP contribution in [0.5, 0.6) is 0 Å². The lowest BCUT2D eigenvalue weighted by atomic mass is 9.96. The van der Waals surface area contributed by atoms with Gasteiger partial charge in [0.1, 0.15) is 0 Å². The minimum atomic E-state index is 1.05. The van der Waals surface area contributed by atoms with E-state index in [9.17, 15) is 0 Å². The maximum atomic E-state index is 4.28. The Morgan fingerprint density at radius 2 is 1.74 bits per heavy atom. The molecule has 1 heterocycles. The third-order valence-electron chi connectivity index (χ3n) is 4.76. The van der Waals surface area contributed by atoms with Crippen LogP contribution in [-0.4, -0.2) is 4.98 Å². The highest BCUT2D eigenvalue weighted by Crippen LogP contribution is 2.25. The Kier molecular flexibility index (Phi) is 3.73. The number of aromatic nitrogens is 1. The number of aromatic amines is 1. The molecule has 0 atom stereocenters. The Balaban J connectivity index is 2.87. The summed E-state index contributed by atoms with van der Waals surface area (Å²) >= 11 is 0. The maximum absolute atomic E-state index is 4.28. The van der Waals surface area contributed by atoms with E-state index in [0.717, 1.165) is 10.7 Å². The number of nitrogens with one attached hydrogen (secondary N) is 1. The molecule has 0 radical (unpaired) electrons. The Morgan fingerprint density at radius 1 is 1.00 bits per heavy atom. The zero-order valence-electron chi connectivity index (χ0n) is 14.4. The molecule has 0 spiro atoms. The maximum Gasteiger partial charge on any atom is 0.0471 e. The predicted molar refractivity (Wildman–Crippen MR) is 103 cm³/mol. The Hall–Kier alpha value is -2.54. The molecule has 1 nitrogen and oxygen atoms in total. The first-order chi connectivity index (χ1) is 11.0. The first-order valence-corrected chi connectivity index (χ1v) is 8.03. The van der Waals surface area contributed by atoms with Crippen LogP contribution in [0.4, 0.5) is 0 Å². The highest BCUT2D eigenvalue weighted by Gasteiger charge is 2.16. The Morgan fingerprint density at radius 3 is 2.35 bits per heavy atom. The van der Waals surface area contributed by atoms with E-state index in [1.807, 2.05) is 6.08 Å². The molecule has 1 aromatic carbocycles. The largest absolute Gasteiger partial charge is 0.355 e. The summed E-state index contributed by atoms with van der Waals surface area (Å²) in [6.45, 7) is 16.9. The summed E-state index contributed by atoms with van der Waals surface area (Å²) in [6, 6.07) is 4.21. The van der Waals surface area contributed by atoms with E-state index < -0.39 is 0 Å². The number of rotatable bonds is 2. The van der Waals surface area contributed by atoms with E-state index in [1.54, 1.807) is 0 Å². The molecule has 3 rings (SSSR count). The van der Waals surface area contributed by atoms with Gasteiger partial charge in [-0.2, -0.15) is 0 Å². The fourth-order valence-electron chi connectivity index (χ4n) is 3.69. The van der Waals surface area contributed by atoms with Crippen LogP contribution in [0, 0.1) is 0 Å². The van der Waals surface area contributed by atoms with Crippen molar-refractivity contribution in [3.63, 3.8) is 0 Å². The molecule has 0 saturated carbocycles. The Bertz CT molecular complexity index is 1120. The standard InChI is InChI=1S/C22H23N/c1-7-10-17-14(5)16(8-2)20-13(4)11-12-19-22(20)21(15(17)6)18(9-3)23-19/h7-12,23H,2,4H2,1,3,5-6H3/b10-7-,18-9+. The van der Waals surface area contributed by atoms with Gasteiger partial charge in [-0.25, -0.2) is 0 Å². The summed E-state index contributed by atoms with van der Waals surface area (Å²) in [5.74, 6) is 0. The van der Waals surface area contributed by atoms with E-state index in [-0.39, 0.29) is 0 Å². The third-order valence-corrected chi connectivity index (χ3v) is 4.76. The molecule has 116 valence electrons. The van der Waals surface area contributed by atoms with Gasteiger partial charge in [-0.1, -0.05) is 43.5 Å². The fourth-order valence-corrected chi connectivity index (χ4v) is 3.69. The summed E-state index contributed by atoms with van der Waals surface area (Å²) in [4.78, 5) is 3.55. The highest BCUT2D eigenvalue weighted by atomic mass is 14.7. The molecule has 0 aliphatic heterocycles. The molecule has 23 heavy (non-hydrogen) atoms. The van der Waals surface area contributed by atoms with Gasteiger partial charge in [-0.3, -0.25) is 0 Å². The van der Waals surface area contributed by atoms with E-state index in [4.69, 9.17) is 0 Å². The molecule has 0 unspecified atom stereocenters. The zero-order valence-corrected chi connectivity index (χ0v) is 14.4. The molecule has 0 bridgehead atoms. The van der Waals surface area contributed by atoms with Crippen molar-refractivity contribution in [3.05, 3.63) is 69.1 Å². The molecule has 1 aromatic heterocycles. The molecule has 2 aromatic rings. The van der Waals surface area contributed by atoms with Crippen LogP contribution in [0.3, 0.4) is 0 Å². The van der Waals surface area contributed by atoms with Crippen molar-refractivity contribution in [3.8, 4) is 0 Å². The molecule has 1 aliphatic carbocycles. The van der Waals surface area contributed by atoms with Crippen molar-refractivity contribution >= 4 is 34.7 Å². The van der Waals surface area contributed by atoms with E-state index >= 15 is 0 Å². The normalized spacial score (nSPS) is 15.9. The second kappa shape index (κ2) is 5.58. The van der Waals surface area contributed by atoms with Gasteiger partial charge >= 0.3 is 0 Å². The summed E-state index contributed by atoms with van der Waals surface area (Å²) in [6.07, 6.45) is 8.41. The minimum Gasteiger partial charge on any atom is -0.355 e. The minimum absolute atomic E-state index is 1.05. The summed E-state index contributed by atoms with van der Waals surface area (Å²) in [5, 5.41) is 5.96. The van der Waals surface area contributed by atoms with Crippen molar-refractivity contribution in [1.82, 2.24) is 4.98 Å². The Labute approximate surface area is 137 Å². The van der Waals surface area contributed by atoms with Crippen molar-refractivity contribution in [2.24, 2.45) is 0 Å². The molecular weight excluding hydrogens is 278 g/mol. The van der Waals surface area contributed by atoms with Gasteiger partial charge in [-0.15, -0.1) is 0 Å². The van der Waals surface area contributed by atoms with Gasteiger partial charge in [0, 0.05) is 21.5 Å². The molecule has 1 N–H and O–H groups in total. The van der Waals surface area contributed by atoms with Crippen molar-refractivity contribution in [1.29, 1.82) is 0 Å². The summed E-state index contributed by atoms with van der Waals surface area (Å²) in [7, 11) is 0. The lowest BCUT2D eigenvalue weighted by Crippen LogP contribution is -2.32. The monoisotopic (exact) mass is 301 g/mol. The van der Waals surface area contributed by atoms with Gasteiger partial charge in [0.05, 0.1) is 0 Å². The first kappa shape index (κ1) is 15.4. The van der Waals surface area contributed by atoms with Crippen LogP contribution in [0.1, 0.15) is 27.7 Å². The quantitative estimate of drug-likeness (QED) is 0.878. The van der Waals surface area contributed by atoms with Crippen LogP contribution in [0.15, 0.2) is 48.1 Å². The number of H-pyrrole nitrogens is 1. The van der Waals surface area contributed by atoms with Crippen LogP contribution in [0.25, 0.3) is 34.7 Å². The van der Waals surface area contributed by atoms with Crippen LogP contribution in [0.2, 0.25) is 0 Å². The highest BCUT2D eigenvalue weighted by molar-refractivity contribution is 5.94. The third kappa shape index (κ3) is 2.08. The van der Waals surface area contributed by atoms with Gasteiger partial charge in [0.25, 0.3) is 0 Å². The first-order valence-electron chi connectivity index (χ1n) is 8.03. The summed E-state index contributed by atoms with van der Waals surface area (Å²) < 4.78 is 0. The van der Waals surface area contributed by atoms with Crippen molar-refractivity contribution < 1.29 is 0 Å². The van der Waals surface area contributed by atoms with E-state index in [1.165, 1.54) is 43.5 Å². The fraction of sp³-hybridized carbons (Fsp3) is 0.182. The second-order valence-corrected chi connectivity index (χ2v) is 6.01. The number of hydrogen-bond donors (Lipinski definition) is 1. The lowest BCUT2D eigenvalue weighted by Gasteiger charge is -2.09. The van der Waals surface area contributed by atoms with Crippen LogP contribution >= 0.6 is 0 Å². The van der Waals surface area contributed by atoms with E-state index in [0.29, 0.717) is 0 Å². The number of benzene rings is 1. The molecule has 0 amide bonds. The van der Waals surface area contributed by atoms with E-state index in [2.05, 4.69) is 76.2 Å². The van der Waals surface area contributed by atoms with Gasteiger partial charge in [-0.05, 0) is 66.5 Å². The lowest BCUT2D eigenvalue weighted by molar-refractivity contribution is 1.33. The average Bonchev–Trinajstić information content (AvgIpc) is 2.88. The SMILES string of the molecule is C=CC1=c2c(=C)ccc3[nH]/c(=C/C)c(c23)=C(C)C(/C=C\C)=C1C. The van der Waals surface area contributed by atoms with Crippen LogP contribution in [-0.2, 0) is 0 Å². The van der Waals surface area contributed by atoms with Crippen molar-refractivity contribution in [2.75, 3.05) is 0 Å². The van der Waals surface area contributed by atoms with Gasteiger partial charge < -0.3 is 4.98 Å². The zero-order chi connectivity index (χ0) is 16.7. The van der Waals surface area contributed by atoms with Crippen LogP contribution < -0.4 is 21.0 Å². The van der Waals surface area contributed by atoms with Gasteiger partial charge in [0.15, 0.2) is 0 Å². The molecule has 0 fully saturated rings. The molecule has 1 heteroatoms.